The van der Waals surface area contributed by atoms with E-state index in [1.165, 1.54) is 23.5 Å². The van der Waals surface area contributed by atoms with E-state index in [1.54, 1.807) is 0 Å². The van der Waals surface area contributed by atoms with Crippen molar-refractivity contribution in [1.82, 2.24) is 9.55 Å². The predicted molar refractivity (Wildman–Crippen MR) is 114 cm³/mol. The summed E-state index contributed by atoms with van der Waals surface area (Å²) in [5.41, 5.74) is 2.77. The number of nitrogens with zero attached hydrogens (tertiary/aromatic N) is 2. The molecule has 0 aliphatic heterocycles. The Labute approximate surface area is 180 Å². The van der Waals surface area contributed by atoms with Gasteiger partial charge in [-0.1, -0.05) is 30.3 Å². The highest BCUT2D eigenvalue weighted by molar-refractivity contribution is 7.15. The Hall–Kier alpha value is -3.13. The van der Waals surface area contributed by atoms with E-state index >= 15 is 0 Å². The van der Waals surface area contributed by atoms with Crippen LogP contribution in [-0.4, -0.2) is 20.6 Å². The molecule has 8 heteroatoms. The molecule has 0 bridgehead atoms. The molecule has 0 unspecified atom stereocenters. The maximum absolute atomic E-state index is 12.8. The van der Waals surface area contributed by atoms with E-state index in [0.717, 1.165) is 39.2 Å². The summed E-state index contributed by atoms with van der Waals surface area (Å²) >= 11 is 1.45. The van der Waals surface area contributed by atoms with Crippen molar-refractivity contribution >= 4 is 28.2 Å². The molecule has 0 amide bonds. The predicted octanol–water partition coefficient (Wildman–Crippen LogP) is 6.16. The smallest absolute Gasteiger partial charge is 0.416 e. The number of aliphatic carboxylic acids is 1. The minimum Gasteiger partial charge on any atom is -0.481 e. The van der Waals surface area contributed by atoms with Crippen molar-refractivity contribution in [1.29, 1.82) is 0 Å². The normalized spacial score (nSPS) is 11.9. The number of fused-ring (bicyclic) bond motifs is 1. The van der Waals surface area contributed by atoms with Crippen molar-refractivity contribution in [3.63, 3.8) is 0 Å². The third-order valence-electron chi connectivity index (χ3n) is 5.15. The molecule has 0 atom stereocenters. The minimum atomic E-state index is -4.36. The van der Waals surface area contributed by atoms with Gasteiger partial charge in [0, 0.05) is 34.0 Å². The Bertz CT molecular complexity index is 1240. The van der Waals surface area contributed by atoms with Crippen LogP contribution in [0.4, 0.5) is 13.2 Å². The second-order valence-corrected chi connectivity index (χ2v) is 8.38. The molecule has 2 aromatic heterocycles. The first-order chi connectivity index (χ1) is 14.7. The van der Waals surface area contributed by atoms with Crippen LogP contribution in [-0.2, 0) is 23.9 Å². The van der Waals surface area contributed by atoms with Crippen LogP contribution in [0.5, 0.6) is 0 Å². The van der Waals surface area contributed by atoms with Gasteiger partial charge in [0.1, 0.15) is 5.01 Å². The Morgan fingerprint density at radius 3 is 2.52 bits per heavy atom. The van der Waals surface area contributed by atoms with Crippen LogP contribution in [0.25, 0.3) is 21.5 Å². The quantitative estimate of drug-likeness (QED) is 0.388. The van der Waals surface area contributed by atoms with Gasteiger partial charge < -0.3 is 9.67 Å². The topological polar surface area (TPSA) is 55.1 Å². The number of rotatable bonds is 6. The molecule has 160 valence electrons. The van der Waals surface area contributed by atoms with Crippen LogP contribution < -0.4 is 0 Å². The van der Waals surface area contributed by atoms with Crippen LogP contribution in [0, 0.1) is 6.92 Å². The number of aryl methyl sites for hydroxylation is 2. The standard InChI is InChI=1S/C23H19F3N2O2S/c1-14-20(31-22(27-14)15-6-9-17(10-7-15)23(24,25)26)13-28-12-16(8-11-21(29)30)18-4-2-3-5-19(18)28/h2-7,9-10,12H,8,11,13H2,1H3,(H,29,30). The van der Waals surface area contributed by atoms with Crippen LogP contribution >= 0.6 is 11.3 Å². The number of carboxylic acids is 1. The molecule has 2 heterocycles. The molecule has 4 rings (SSSR count). The van der Waals surface area contributed by atoms with Gasteiger partial charge >= 0.3 is 12.1 Å². The van der Waals surface area contributed by atoms with Crippen LogP contribution in [0.2, 0.25) is 0 Å². The van der Waals surface area contributed by atoms with Crippen LogP contribution in [0.1, 0.15) is 28.1 Å². The molecule has 1 N–H and O–H groups in total. The molecule has 0 radical (unpaired) electrons. The van der Waals surface area contributed by atoms with E-state index in [-0.39, 0.29) is 6.42 Å². The number of carboxylic acid groups (broad SMARTS) is 1. The first kappa shape index (κ1) is 21.1. The van der Waals surface area contributed by atoms with E-state index in [1.807, 2.05) is 37.4 Å². The van der Waals surface area contributed by atoms with Gasteiger partial charge in [0.2, 0.25) is 0 Å². The largest absolute Gasteiger partial charge is 0.481 e. The highest BCUT2D eigenvalue weighted by atomic mass is 32.1. The third-order valence-corrected chi connectivity index (χ3v) is 6.34. The molecule has 0 spiro atoms. The molecular weight excluding hydrogens is 425 g/mol. The molecule has 4 aromatic rings. The zero-order valence-corrected chi connectivity index (χ0v) is 17.4. The van der Waals surface area contributed by atoms with Crippen molar-refractivity contribution in [2.45, 2.75) is 32.5 Å². The van der Waals surface area contributed by atoms with Gasteiger partial charge in [-0.3, -0.25) is 4.79 Å². The number of carbonyl (C=O) groups is 1. The van der Waals surface area contributed by atoms with Gasteiger partial charge in [-0.05, 0) is 37.1 Å². The first-order valence-electron chi connectivity index (χ1n) is 9.65. The lowest BCUT2D eigenvalue weighted by molar-refractivity contribution is -0.138. The zero-order chi connectivity index (χ0) is 22.2. The SMILES string of the molecule is Cc1nc(-c2ccc(C(F)(F)F)cc2)sc1Cn1cc(CCC(=O)O)c2ccccc21. The van der Waals surface area contributed by atoms with Gasteiger partial charge in [0.05, 0.1) is 17.8 Å². The van der Waals surface area contributed by atoms with E-state index in [0.29, 0.717) is 23.5 Å². The van der Waals surface area contributed by atoms with Crippen LogP contribution in [0.3, 0.4) is 0 Å². The summed E-state index contributed by atoms with van der Waals surface area (Å²) in [6.07, 6.45) is -1.88. The molecule has 0 saturated heterocycles. The lowest BCUT2D eigenvalue weighted by Crippen LogP contribution is -2.03. The van der Waals surface area contributed by atoms with Gasteiger partial charge in [0.15, 0.2) is 0 Å². The number of thiazole rings is 1. The highest BCUT2D eigenvalue weighted by Gasteiger charge is 2.30. The molecule has 4 nitrogen and oxygen atoms in total. The van der Waals surface area contributed by atoms with Gasteiger partial charge in [-0.2, -0.15) is 13.2 Å². The summed E-state index contributed by atoms with van der Waals surface area (Å²) in [5.74, 6) is -0.837. The number of halogens is 3. The molecule has 0 aliphatic rings. The fourth-order valence-electron chi connectivity index (χ4n) is 3.55. The monoisotopic (exact) mass is 444 g/mol. The second-order valence-electron chi connectivity index (χ2n) is 7.30. The maximum Gasteiger partial charge on any atom is 0.416 e. The van der Waals surface area contributed by atoms with E-state index < -0.39 is 17.7 Å². The average molecular weight is 444 g/mol. The Morgan fingerprint density at radius 1 is 1.13 bits per heavy atom. The summed E-state index contributed by atoms with van der Waals surface area (Å²) < 4.78 is 40.5. The van der Waals surface area contributed by atoms with Crippen molar-refractivity contribution < 1.29 is 23.1 Å². The third kappa shape index (κ3) is 4.49. The average Bonchev–Trinajstić information content (AvgIpc) is 3.27. The summed E-state index contributed by atoms with van der Waals surface area (Å²) in [7, 11) is 0. The minimum absolute atomic E-state index is 0.0612. The van der Waals surface area contributed by atoms with Crippen LogP contribution in [0.15, 0.2) is 54.7 Å². The number of hydrogen-bond donors (Lipinski definition) is 1. The van der Waals surface area contributed by atoms with Crippen molar-refractivity contribution in [2.75, 3.05) is 0 Å². The van der Waals surface area contributed by atoms with Crippen molar-refractivity contribution in [3.05, 3.63) is 76.4 Å². The molecule has 2 aromatic carbocycles. The van der Waals surface area contributed by atoms with Gasteiger partial charge in [-0.25, -0.2) is 4.98 Å². The fraction of sp³-hybridized carbons (Fsp3) is 0.217. The van der Waals surface area contributed by atoms with Crippen molar-refractivity contribution in [2.24, 2.45) is 0 Å². The second kappa shape index (κ2) is 8.19. The molecule has 31 heavy (non-hydrogen) atoms. The lowest BCUT2D eigenvalue weighted by atomic mass is 10.1. The number of alkyl halides is 3. The highest BCUT2D eigenvalue weighted by Crippen LogP contribution is 2.34. The molecule has 0 fully saturated rings. The molecular formula is C23H19F3N2O2S. The maximum atomic E-state index is 12.8. The molecule has 0 aliphatic carbocycles. The summed E-state index contributed by atoms with van der Waals surface area (Å²) in [4.78, 5) is 16.6. The van der Waals surface area contributed by atoms with E-state index in [9.17, 15) is 18.0 Å². The first-order valence-corrected chi connectivity index (χ1v) is 10.5. The molecule has 0 saturated carbocycles. The summed E-state index contributed by atoms with van der Waals surface area (Å²) in [5, 5.41) is 10.7. The Balaban J connectivity index is 1.63. The summed E-state index contributed by atoms with van der Waals surface area (Å²) in [6, 6.07) is 12.9. The van der Waals surface area contributed by atoms with Gasteiger partial charge in [-0.15, -0.1) is 11.3 Å². The summed E-state index contributed by atoms with van der Waals surface area (Å²) in [6.45, 7) is 2.44. The number of benzene rings is 2. The fourth-order valence-corrected chi connectivity index (χ4v) is 4.62. The Kier molecular flexibility index (Phi) is 5.58. The number of para-hydroxylation sites is 1. The van der Waals surface area contributed by atoms with Crippen molar-refractivity contribution in [3.8, 4) is 10.6 Å². The zero-order valence-electron chi connectivity index (χ0n) is 16.6. The van der Waals surface area contributed by atoms with E-state index in [4.69, 9.17) is 5.11 Å². The number of aromatic nitrogens is 2. The lowest BCUT2D eigenvalue weighted by Gasteiger charge is -2.06. The van der Waals surface area contributed by atoms with Gasteiger partial charge in [0.25, 0.3) is 0 Å². The van der Waals surface area contributed by atoms with E-state index in [2.05, 4.69) is 9.55 Å². The Morgan fingerprint density at radius 2 is 1.84 bits per heavy atom. The number of hydrogen-bond acceptors (Lipinski definition) is 3.